The number of hydrogen-bond acceptors (Lipinski definition) is 9. The largest absolute Gasteiger partial charge is 0.497 e. The first-order valence-electron chi connectivity index (χ1n) is 16.9. The van der Waals surface area contributed by atoms with Crippen LogP contribution in [0.25, 0.3) is 10.9 Å². The third-order valence-electron chi connectivity index (χ3n) is 9.15. The van der Waals surface area contributed by atoms with Gasteiger partial charge in [-0.15, -0.1) is 0 Å². The highest BCUT2D eigenvalue weighted by Crippen LogP contribution is 2.39. The number of pyridine rings is 1. The summed E-state index contributed by atoms with van der Waals surface area (Å²) in [5.74, 6) is 1.60. The summed E-state index contributed by atoms with van der Waals surface area (Å²) >= 11 is 0. The van der Waals surface area contributed by atoms with Crippen LogP contribution < -0.4 is 19.7 Å². The van der Waals surface area contributed by atoms with Gasteiger partial charge in [0.1, 0.15) is 18.2 Å². The molecule has 2 aromatic carbocycles. The van der Waals surface area contributed by atoms with Gasteiger partial charge in [-0.05, 0) is 73.7 Å². The van der Waals surface area contributed by atoms with E-state index in [4.69, 9.17) is 14.5 Å². The van der Waals surface area contributed by atoms with E-state index in [2.05, 4.69) is 15.3 Å². The number of aromatic nitrogens is 3. The molecule has 282 valence electrons. The summed E-state index contributed by atoms with van der Waals surface area (Å²) in [4.78, 5) is 15.1. The minimum absolute atomic E-state index is 0.0214. The van der Waals surface area contributed by atoms with Crippen LogP contribution in [0.15, 0.2) is 54.9 Å². The van der Waals surface area contributed by atoms with Crippen LogP contribution in [-0.2, 0) is 28.7 Å². The minimum Gasteiger partial charge on any atom is -0.497 e. The number of hydrogen-bond donors (Lipinski definition) is 1. The fraction of sp³-hybridized carbons (Fsp3) is 0.472. The number of anilines is 2. The van der Waals surface area contributed by atoms with Crippen molar-refractivity contribution < 1.29 is 44.2 Å². The monoisotopic (exact) mass is 753 g/mol. The van der Waals surface area contributed by atoms with Crippen LogP contribution in [0.4, 0.5) is 38.1 Å². The number of nitrogens with one attached hydrogen (secondary N) is 1. The fourth-order valence-corrected chi connectivity index (χ4v) is 6.69. The number of sulfone groups is 1. The van der Waals surface area contributed by atoms with Gasteiger partial charge in [0.25, 0.3) is 0 Å². The lowest BCUT2D eigenvalue weighted by molar-refractivity contribution is -0.143. The van der Waals surface area contributed by atoms with Crippen LogP contribution in [0.3, 0.4) is 0 Å². The van der Waals surface area contributed by atoms with Crippen molar-refractivity contribution in [2.24, 2.45) is 5.92 Å². The Bertz CT molecular complexity index is 1900. The number of fused-ring (bicyclic) bond motifs is 1. The molecule has 1 aliphatic carbocycles. The van der Waals surface area contributed by atoms with E-state index in [0.29, 0.717) is 52.6 Å². The Kier molecular flexibility index (Phi) is 12.1. The predicted octanol–water partition coefficient (Wildman–Crippen LogP) is 8.64. The number of rotatable bonds is 15. The summed E-state index contributed by atoms with van der Waals surface area (Å²) in [6.07, 6.45) is 0.341. The van der Waals surface area contributed by atoms with E-state index < -0.39 is 39.4 Å². The maximum Gasteiger partial charge on any atom is 0.416 e. The van der Waals surface area contributed by atoms with E-state index in [1.807, 2.05) is 6.07 Å². The number of alkyl halides is 6. The third-order valence-corrected chi connectivity index (χ3v) is 10.1. The predicted molar refractivity (Wildman–Crippen MR) is 186 cm³/mol. The zero-order chi connectivity index (χ0) is 37.7. The second kappa shape index (κ2) is 16.1. The number of nitrogens with zero attached hydrogens (tertiary/aromatic N) is 4. The number of ether oxygens (including phenoxy) is 2. The van der Waals surface area contributed by atoms with Crippen molar-refractivity contribution in [3.63, 3.8) is 0 Å². The van der Waals surface area contributed by atoms with E-state index in [1.165, 1.54) is 57.0 Å². The van der Waals surface area contributed by atoms with Crippen LogP contribution >= 0.6 is 0 Å². The second-order valence-corrected chi connectivity index (χ2v) is 15.4. The van der Waals surface area contributed by atoms with E-state index in [1.54, 1.807) is 18.2 Å². The average molecular weight is 754 g/mol. The molecule has 5 rings (SSSR count). The summed E-state index contributed by atoms with van der Waals surface area (Å²) < 4.78 is 117. The maximum absolute atomic E-state index is 13.9. The molecule has 9 nitrogen and oxygen atoms in total. The molecule has 1 aliphatic rings. The van der Waals surface area contributed by atoms with Gasteiger partial charge in [0, 0.05) is 23.8 Å². The van der Waals surface area contributed by atoms with Gasteiger partial charge < -0.3 is 19.7 Å². The molecule has 0 saturated heterocycles. The third kappa shape index (κ3) is 10.4. The normalized spacial score (nSPS) is 14.8. The molecule has 0 radical (unpaired) electrons. The first kappa shape index (κ1) is 38.9. The Morgan fingerprint density at radius 2 is 1.60 bits per heavy atom. The number of halogens is 6. The summed E-state index contributed by atoms with van der Waals surface area (Å²) in [7, 11) is -1.79. The van der Waals surface area contributed by atoms with Crippen LogP contribution in [0, 0.1) is 5.92 Å². The van der Waals surface area contributed by atoms with Gasteiger partial charge >= 0.3 is 12.4 Å². The van der Waals surface area contributed by atoms with Gasteiger partial charge in [-0.2, -0.15) is 26.3 Å². The van der Waals surface area contributed by atoms with Crippen molar-refractivity contribution in [2.45, 2.75) is 70.4 Å². The molecule has 1 atom stereocenters. The van der Waals surface area contributed by atoms with Crippen LogP contribution in [0.1, 0.15) is 73.7 Å². The molecule has 1 N–H and O–H groups in total. The zero-order valence-corrected chi connectivity index (χ0v) is 29.8. The average Bonchev–Trinajstić information content (AvgIpc) is 3.61. The Labute approximate surface area is 298 Å². The van der Waals surface area contributed by atoms with Crippen molar-refractivity contribution in [1.82, 2.24) is 15.0 Å². The highest BCUT2D eigenvalue weighted by molar-refractivity contribution is 7.90. The molecule has 16 heteroatoms. The number of methoxy groups -OCH3 is 1. The summed E-state index contributed by atoms with van der Waals surface area (Å²) in [5, 5.41) is 4.12. The molecule has 0 aliphatic heterocycles. The second-order valence-electron chi connectivity index (χ2n) is 13.1. The van der Waals surface area contributed by atoms with E-state index in [9.17, 15) is 34.8 Å². The zero-order valence-electron chi connectivity index (χ0n) is 29.0. The fourth-order valence-electron chi connectivity index (χ4n) is 6.30. The SMILES string of the molecule is COc1ccc2nc(NCCCC3CCCC3)c(CN(c3ncc(OCCS(C)(=O)=O)cn3)C(C)c3cc(C(F)(F)F)cc(C(F)(F)F)c3)cc2c1. The van der Waals surface area contributed by atoms with Crippen molar-refractivity contribution in [3.8, 4) is 11.5 Å². The van der Waals surface area contributed by atoms with Crippen molar-refractivity contribution >= 4 is 32.5 Å². The lowest BCUT2D eigenvalue weighted by atomic mass is 9.99. The van der Waals surface area contributed by atoms with Crippen molar-refractivity contribution in [2.75, 3.05) is 42.5 Å². The Hall–Kier alpha value is -4.34. The molecule has 0 bridgehead atoms. The molecule has 0 spiro atoms. The highest BCUT2D eigenvalue weighted by atomic mass is 32.2. The van der Waals surface area contributed by atoms with E-state index in [0.717, 1.165) is 19.1 Å². The molecule has 0 amide bonds. The first-order valence-corrected chi connectivity index (χ1v) is 19.0. The Balaban J connectivity index is 1.55. The molecule has 1 fully saturated rings. The van der Waals surface area contributed by atoms with Gasteiger partial charge in [-0.25, -0.2) is 23.4 Å². The van der Waals surface area contributed by atoms with Gasteiger partial charge in [-0.3, -0.25) is 0 Å². The standard InChI is InChI=1S/C36H41F6N5O4S/c1-23(25-16-28(35(37,38)39)19-29(17-25)36(40,41)42)47(34-44-20-31(21-45-34)51-13-14-52(3,48)49)22-27-15-26-18-30(50-2)10-11-32(26)46-33(27)43-12-6-9-24-7-4-5-8-24/h10-11,15-21,23-24H,4-9,12-14,22H2,1-3H3,(H,43,46). The van der Waals surface area contributed by atoms with E-state index >= 15 is 0 Å². The molecule has 4 aromatic rings. The number of benzene rings is 2. The maximum atomic E-state index is 13.9. The van der Waals surface area contributed by atoms with Gasteiger partial charge in [0.15, 0.2) is 15.6 Å². The van der Waals surface area contributed by atoms with Crippen LogP contribution in [-0.4, -0.2) is 55.6 Å². The van der Waals surface area contributed by atoms with Gasteiger partial charge in [0.2, 0.25) is 5.95 Å². The first-order chi connectivity index (χ1) is 24.5. The van der Waals surface area contributed by atoms with Gasteiger partial charge in [-0.1, -0.05) is 25.7 Å². The molecular formula is C36H41F6N5O4S. The minimum atomic E-state index is -5.04. The summed E-state index contributed by atoms with van der Waals surface area (Å²) in [6.45, 7) is 1.83. The molecule has 1 saturated carbocycles. The van der Waals surface area contributed by atoms with Crippen molar-refractivity contribution in [3.05, 3.63) is 77.1 Å². The van der Waals surface area contributed by atoms with Crippen molar-refractivity contribution in [1.29, 1.82) is 0 Å². The lowest BCUT2D eigenvalue weighted by Crippen LogP contribution is -2.29. The quantitative estimate of drug-likeness (QED) is 0.0944. The Morgan fingerprint density at radius 1 is 0.942 bits per heavy atom. The molecule has 2 aromatic heterocycles. The molecule has 2 heterocycles. The molecular weight excluding hydrogens is 712 g/mol. The van der Waals surface area contributed by atoms with Crippen LogP contribution in [0.2, 0.25) is 0 Å². The summed E-state index contributed by atoms with van der Waals surface area (Å²) in [6, 6.07) is 7.57. The summed E-state index contributed by atoms with van der Waals surface area (Å²) in [5.41, 5.74) is -1.90. The molecule has 52 heavy (non-hydrogen) atoms. The van der Waals surface area contributed by atoms with Crippen LogP contribution in [0.5, 0.6) is 11.5 Å². The molecule has 1 unspecified atom stereocenters. The lowest BCUT2D eigenvalue weighted by Gasteiger charge is -2.31. The smallest absolute Gasteiger partial charge is 0.416 e. The van der Waals surface area contributed by atoms with E-state index in [-0.39, 0.29) is 42.2 Å². The Morgan fingerprint density at radius 3 is 2.19 bits per heavy atom. The topological polar surface area (TPSA) is 107 Å². The van der Waals surface area contributed by atoms with Gasteiger partial charge in [0.05, 0.1) is 54.5 Å². The highest BCUT2D eigenvalue weighted by Gasteiger charge is 2.38.